The van der Waals surface area contributed by atoms with Gasteiger partial charge in [-0.15, -0.1) is 6.42 Å². The van der Waals surface area contributed by atoms with E-state index in [1.54, 1.807) is 0 Å². The molecular weight excluding hydrogens is 1570 g/mol. The second kappa shape index (κ2) is 37.4. The fraction of sp³-hybridized carbons (Fsp3) is 0.200. The maximum Gasteiger partial charge on any atom is 0.0264 e. The highest BCUT2D eigenvalue weighted by molar-refractivity contribution is 14.1. The quantitative estimate of drug-likeness (QED) is 0.105. The highest BCUT2D eigenvalue weighted by Gasteiger charge is 2.21. The van der Waals surface area contributed by atoms with Crippen molar-refractivity contribution in [3.8, 4) is 143 Å². The Morgan fingerprint density at radius 2 is 0.248 bits per heavy atom. The van der Waals surface area contributed by atoms with Gasteiger partial charge in [0, 0.05) is 132 Å². The third-order valence-corrected chi connectivity index (χ3v) is 20.8. The summed E-state index contributed by atoms with van der Waals surface area (Å²) in [5.41, 5.74) is 27.3. The molecule has 0 N–H and O–H groups in total. The minimum Gasteiger partial charge on any atom is -0.115 e. The minimum absolute atomic E-state index is 0.0353. The van der Waals surface area contributed by atoms with Crippen molar-refractivity contribution in [2.24, 2.45) is 0 Å². The van der Waals surface area contributed by atoms with E-state index < -0.39 is 0 Å². The molecule has 0 atom stereocenters. The third-order valence-electron chi connectivity index (χ3n) is 20.1. The number of benzene rings is 12. The molecule has 0 nitrogen and oxygen atoms in total. The van der Waals surface area contributed by atoms with Crippen molar-refractivity contribution in [2.75, 3.05) is 0 Å². The van der Waals surface area contributed by atoms with Crippen LogP contribution in [0.2, 0.25) is 0 Å². The molecule has 584 valence electrons. The lowest BCUT2D eigenvalue weighted by Gasteiger charge is -2.19. The molecule has 1 heteroatoms. The lowest BCUT2D eigenvalue weighted by atomic mass is 9.85. The number of halogens is 1. The summed E-state index contributed by atoms with van der Waals surface area (Å²) in [6.07, 6.45) is 5.79. The fourth-order valence-electron chi connectivity index (χ4n) is 12.5. The Balaban J connectivity index is 0.679. The van der Waals surface area contributed by atoms with Gasteiger partial charge in [0.1, 0.15) is 0 Å². The van der Waals surface area contributed by atoms with Crippen LogP contribution < -0.4 is 0 Å². The van der Waals surface area contributed by atoms with Crippen LogP contribution in [0.15, 0.2) is 255 Å². The van der Waals surface area contributed by atoms with Crippen molar-refractivity contribution in [3.05, 3.63) is 420 Å². The van der Waals surface area contributed by atoms with Gasteiger partial charge in [0.2, 0.25) is 0 Å². The molecule has 0 aliphatic carbocycles. The number of rotatable bonds is 0. The van der Waals surface area contributed by atoms with Gasteiger partial charge in [-0.2, -0.15) is 0 Å². The molecule has 0 spiro atoms. The van der Waals surface area contributed by atoms with Gasteiger partial charge in [0.15, 0.2) is 0 Å². The van der Waals surface area contributed by atoms with Crippen LogP contribution in [0, 0.1) is 146 Å². The molecule has 12 aromatic carbocycles. The first-order valence-corrected chi connectivity index (χ1v) is 41.9. The summed E-state index contributed by atoms with van der Waals surface area (Å²) in [6.45, 7) is 39.8. The summed E-state index contributed by atoms with van der Waals surface area (Å²) in [6, 6.07) is 87.0. The largest absolute Gasteiger partial charge is 0.115 e. The van der Waals surface area contributed by atoms with Crippen molar-refractivity contribution in [3.63, 3.8) is 0 Å². The minimum atomic E-state index is -0.121. The smallest absolute Gasteiger partial charge is 0.0264 e. The van der Waals surface area contributed by atoms with Gasteiger partial charge < -0.3 is 0 Å². The molecule has 0 saturated heterocycles. The molecule has 0 saturated carbocycles. The maximum absolute atomic E-state index is 5.79. The van der Waals surface area contributed by atoms with Gasteiger partial charge in [-0.25, -0.2) is 0 Å². The molecule has 0 aromatic heterocycles. The van der Waals surface area contributed by atoms with Crippen LogP contribution in [0.3, 0.4) is 0 Å². The predicted octanol–water partition coefficient (Wildman–Crippen LogP) is 25.5. The fourth-order valence-corrected chi connectivity index (χ4v) is 12.9. The monoisotopic (exact) mass is 1660 g/mol. The summed E-state index contributed by atoms with van der Waals surface area (Å²) < 4.78 is 1.19. The molecule has 0 aliphatic rings. The van der Waals surface area contributed by atoms with Crippen LogP contribution in [0.4, 0.5) is 0 Å². The van der Waals surface area contributed by atoms with Gasteiger partial charge in [-0.1, -0.05) is 261 Å². The van der Waals surface area contributed by atoms with Gasteiger partial charge in [-0.05, 0) is 343 Å². The second-order valence-corrected chi connectivity index (χ2v) is 37.8. The molecular formula is C120H97I. The van der Waals surface area contributed by atoms with Crippen LogP contribution in [0.5, 0.6) is 0 Å². The van der Waals surface area contributed by atoms with Crippen LogP contribution in [-0.2, 0) is 32.5 Å². The van der Waals surface area contributed by atoms with E-state index in [0.29, 0.717) is 0 Å². The summed E-state index contributed by atoms with van der Waals surface area (Å²) in [4.78, 5) is 0. The average molecular weight is 1670 g/mol. The molecule has 0 heterocycles. The van der Waals surface area contributed by atoms with E-state index in [0.717, 1.165) is 145 Å². The van der Waals surface area contributed by atoms with E-state index >= 15 is 0 Å². The molecule has 0 amide bonds. The maximum atomic E-state index is 5.79. The normalized spacial score (nSPS) is 10.9. The Labute approximate surface area is 736 Å². The third kappa shape index (κ3) is 25.8. The zero-order valence-electron chi connectivity index (χ0n) is 72.7. The highest BCUT2D eigenvalue weighted by atomic mass is 127. The summed E-state index contributed by atoms with van der Waals surface area (Å²) in [7, 11) is 0. The first-order valence-electron chi connectivity index (χ1n) is 40.8. The molecule has 0 bridgehead atoms. The zero-order valence-corrected chi connectivity index (χ0v) is 74.9. The van der Waals surface area contributed by atoms with Crippen LogP contribution in [-0.4, -0.2) is 0 Å². The number of hydrogen-bond acceptors (Lipinski definition) is 0. The van der Waals surface area contributed by atoms with E-state index in [4.69, 9.17) is 6.42 Å². The Bertz CT molecular complexity index is 6740. The van der Waals surface area contributed by atoms with Crippen LogP contribution >= 0.6 is 22.6 Å². The van der Waals surface area contributed by atoms with Gasteiger partial charge in [-0.3, -0.25) is 0 Å². The molecule has 121 heavy (non-hydrogen) atoms. The summed E-state index contributed by atoms with van der Waals surface area (Å²) in [5, 5.41) is 0. The number of terminal acetylenes is 1. The molecule has 12 aromatic rings. The second-order valence-electron chi connectivity index (χ2n) is 36.6. The molecule has 0 fully saturated rings. The lowest BCUT2D eigenvalue weighted by Crippen LogP contribution is -2.11. The van der Waals surface area contributed by atoms with Crippen molar-refractivity contribution < 1.29 is 0 Å². The Morgan fingerprint density at radius 3 is 0.364 bits per heavy atom. The van der Waals surface area contributed by atoms with E-state index in [-0.39, 0.29) is 32.5 Å². The Kier molecular flexibility index (Phi) is 26.7. The van der Waals surface area contributed by atoms with E-state index in [9.17, 15) is 0 Å². The summed E-state index contributed by atoms with van der Waals surface area (Å²) >= 11 is 2.31. The van der Waals surface area contributed by atoms with E-state index in [2.05, 4.69) is 411 Å². The lowest BCUT2D eigenvalue weighted by molar-refractivity contribution is 0.589. The number of hydrogen-bond donors (Lipinski definition) is 0. The van der Waals surface area contributed by atoms with Gasteiger partial charge >= 0.3 is 0 Å². The van der Waals surface area contributed by atoms with Gasteiger partial charge in [0.25, 0.3) is 0 Å². The Hall–Kier alpha value is -13.9. The van der Waals surface area contributed by atoms with Crippen LogP contribution in [0.25, 0.3) is 0 Å². The van der Waals surface area contributed by atoms with Gasteiger partial charge in [0.05, 0.1) is 0 Å². The molecule has 0 aliphatic heterocycles. The molecule has 0 unspecified atom stereocenters. The first-order chi connectivity index (χ1) is 57.4. The summed E-state index contributed by atoms with van der Waals surface area (Å²) in [5.74, 6) is 77.7. The Morgan fingerprint density at radius 1 is 0.149 bits per heavy atom. The highest BCUT2D eigenvalue weighted by Crippen LogP contribution is 2.31. The first kappa shape index (κ1) is 86.4. The molecule has 12 rings (SSSR count). The van der Waals surface area contributed by atoms with Crippen LogP contribution in [0.1, 0.15) is 286 Å². The van der Waals surface area contributed by atoms with Crippen molar-refractivity contribution in [2.45, 2.75) is 157 Å². The standard InChI is InChI=1S/C120H97I/c1-20-85-67-97(74-108(73-85)115(2,3)4)52-41-86-21-23-87(24-22-86)42-53-98-68-99(76-109(75-98)116(5,6)7)54-43-88-25-27-89(28-26-88)44-55-100-69-101(78-110(77-100)117(8,9)10)56-45-90-29-31-91(32-30-90)46-57-102-70-103(80-111(79-102)118(11,12)13)58-47-92-33-35-93(36-34-92)48-59-104-71-105(82-112(81-104)119(14,15)16)60-49-94-37-39-95(40-38-94)50-61-106-72-107(84-113(83-106)120(17,18)19)62-51-96-63-65-114(121)66-64-96/h1,21-40,63-84H,2-19H3. The average Bonchev–Trinajstić information content (AvgIpc) is 0.845. The predicted molar refractivity (Wildman–Crippen MR) is 516 cm³/mol. The SMILES string of the molecule is C#Cc1cc(C#Cc2ccc(C#Cc3cc(C#Cc4ccc(C#Cc5cc(C#Cc6ccc(C#Cc7cc(C#Cc8ccc(C#Cc9cc(C#Cc%10ccc(C#Cc%11cc(C#Cc%12ccc(I)cc%12)cc(C(C)(C)C)c%11)cc%10)cc(C(C)(C)C)c9)cc8)cc(C(C)(C)C)c7)cc6)cc(C(C)(C)C)c5)cc4)cc(C(C)(C)C)c3)cc2)cc(C(C)(C)C)c1. The topological polar surface area (TPSA) is 0 Å². The molecule has 0 radical (unpaired) electrons. The van der Waals surface area contributed by atoms with Crippen molar-refractivity contribution in [1.29, 1.82) is 0 Å². The van der Waals surface area contributed by atoms with Crippen molar-refractivity contribution in [1.82, 2.24) is 0 Å². The van der Waals surface area contributed by atoms with Crippen molar-refractivity contribution >= 4 is 22.6 Å². The van der Waals surface area contributed by atoms with E-state index in [1.807, 2.05) is 127 Å². The zero-order chi connectivity index (χ0) is 86.3. The van der Waals surface area contributed by atoms with E-state index in [1.165, 1.54) is 20.3 Å².